The van der Waals surface area contributed by atoms with Crippen LogP contribution in [-0.2, 0) is 20.3 Å². The zero-order valence-corrected chi connectivity index (χ0v) is 18.2. The van der Waals surface area contributed by atoms with Gasteiger partial charge in [0.15, 0.2) is 5.13 Å². The third-order valence-electron chi connectivity index (χ3n) is 4.03. The fraction of sp³-hybridized carbons (Fsp3) is 0.250. The van der Waals surface area contributed by atoms with Gasteiger partial charge in [-0.2, -0.15) is 0 Å². The van der Waals surface area contributed by atoms with E-state index < -0.39 is 16.8 Å². The summed E-state index contributed by atoms with van der Waals surface area (Å²) >= 11 is 1.36. The van der Waals surface area contributed by atoms with Crippen LogP contribution in [-0.4, -0.2) is 46.1 Å². The lowest BCUT2D eigenvalue weighted by Gasteiger charge is -2.04. The highest BCUT2D eigenvalue weighted by molar-refractivity contribution is 7.84. The van der Waals surface area contributed by atoms with Gasteiger partial charge in [-0.3, -0.25) is 14.3 Å². The van der Waals surface area contributed by atoms with Crippen LogP contribution in [0, 0.1) is 0 Å². The van der Waals surface area contributed by atoms with E-state index in [0.717, 1.165) is 26.2 Å². The second-order valence-corrected chi connectivity index (χ2v) is 8.53. The number of carbonyl (C=O) groups excluding carboxylic acids is 2. The Morgan fingerprint density at radius 1 is 1.20 bits per heavy atom. The summed E-state index contributed by atoms with van der Waals surface area (Å²) in [7, 11) is -1.04. The first-order valence-electron chi connectivity index (χ1n) is 9.01. The first-order valence-corrected chi connectivity index (χ1v) is 11.4. The van der Waals surface area contributed by atoms with Crippen molar-refractivity contribution in [3.63, 3.8) is 0 Å². The van der Waals surface area contributed by atoms with Gasteiger partial charge < -0.3 is 15.5 Å². The Hall–Kier alpha value is -2.82. The smallest absolute Gasteiger partial charge is 0.321 e. The number of hydrogen-bond donors (Lipinski definition) is 2. The van der Waals surface area contributed by atoms with Crippen LogP contribution < -0.4 is 10.6 Å². The molecule has 3 rings (SSSR count). The summed E-state index contributed by atoms with van der Waals surface area (Å²) in [5.74, 6) is -0.351. The molecule has 30 heavy (non-hydrogen) atoms. The second kappa shape index (κ2) is 10.8. The van der Waals surface area contributed by atoms with E-state index in [0.29, 0.717) is 11.7 Å². The van der Waals surface area contributed by atoms with E-state index in [4.69, 9.17) is 4.74 Å². The highest BCUT2D eigenvalue weighted by Crippen LogP contribution is 2.31. The molecule has 8 nitrogen and oxygen atoms in total. The zero-order chi connectivity index (χ0) is 20.8. The van der Waals surface area contributed by atoms with Crippen molar-refractivity contribution >= 4 is 49.5 Å². The van der Waals surface area contributed by atoms with Crippen LogP contribution in [0.3, 0.4) is 0 Å². The van der Waals surface area contributed by atoms with Gasteiger partial charge in [-0.15, -0.1) is 0 Å². The number of aromatic nitrogens is 1. The van der Waals surface area contributed by atoms with Crippen molar-refractivity contribution in [2.24, 2.45) is 0 Å². The molecule has 0 saturated heterocycles. The zero-order valence-electron chi connectivity index (χ0n) is 16.6. The largest absolute Gasteiger partial charge is 0.466 e. The Balaban J connectivity index is 0.00000320. The SMILES string of the molecule is CCOC(=O)CCNC(=O)Nc1nc2ccc(-c3cccc(S(C)=O)c3)cc2s1.O.[HH].[HH]. The molecule has 2 amide bonds. The fourth-order valence-electron chi connectivity index (χ4n) is 2.66. The number of hydrogen-bond acceptors (Lipinski definition) is 6. The van der Waals surface area contributed by atoms with Crippen molar-refractivity contribution < 1.29 is 26.9 Å². The second-order valence-electron chi connectivity index (χ2n) is 6.12. The Morgan fingerprint density at radius 2 is 1.97 bits per heavy atom. The van der Waals surface area contributed by atoms with Crippen LogP contribution in [0.25, 0.3) is 21.3 Å². The van der Waals surface area contributed by atoms with E-state index in [-0.39, 0.29) is 27.3 Å². The number of urea groups is 1. The molecular formula is C20H27N3O5S2. The third-order valence-corrected chi connectivity index (χ3v) is 5.88. The lowest BCUT2D eigenvalue weighted by atomic mass is 10.1. The number of carbonyl (C=O) groups is 2. The van der Waals surface area contributed by atoms with E-state index in [1.807, 2.05) is 42.5 Å². The topological polar surface area (TPSA) is 129 Å². The van der Waals surface area contributed by atoms with Gasteiger partial charge >= 0.3 is 12.0 Å². The summed E-state index contributed by atoms with van der Waals surface area (Å²) in [4.78, 5) is 28.5. The standard InChI is InChI=1S/C20H21N3O4S2.H2O.2H2/c1-3-27-18(24)9-10-21-19(25)23-20-22-16-8-7-14(12-17(16)28-20)13-5-4-6-15(11-13)29(2)26;;;/h4-8,11-12H,3,9-10H2,1-2H3,(H2,21,22,23,25);1H2;2*1H. The van der Waals surface area contributed by atoms with E-state index >= 15 is 0 Å². The van der Waals surface area contributed by atoms with Gasteiger partial charge in [-0.05, 0) is 42.3 Å². The molecule has 164 valence electrons. The summed E-state index contributed by atoms with van der Waals surface area (Å²) in [5, 5.41) is 5.76. The van der Waals surface area contributed by atoms with Gasteiger partial charge in [-0.25, -0.2) is 9.78 Å². The fourth-order valence-corrected chi connectivity index (χ4v) is 4.13. The Bertz CT molecular complexity index is 1080. The van der Waals surface area contributed by atoms with E-state index in [2.05, 4.69) is 15.6 Å². The van der Waals surface area contributed by atoms with Gasteiger partial charge in [-0.1, -0.05) is 29.5 Å². The number of anilines is 1. The van der Waals surface area contributed by atoms with Crippen LogP contribution in [0.4, 0.5) is 9.93 Å². The monoisotopic (exact) mass is 453 g/mol. The summed E-state index contributed by atoms with van der Waals surface area (Å²) in [6.45, 7) is 2.24. The molecule has 0 spiro atoms. The molecule has 0 aliphatic heterocycles. The van der Waals surface area contributed by atoms with Crippen molar-refractivity contribution in [1.29, 1.82) is 0 Å². The van der Waals surface area contributed by atoms with Gasteiger partial charge in [0.05, 0.1) is 23.2 Å². The molecule has 2 aromatic carbocycles. The van der Waals surface area contributed by atoms with Crippen LogP contribution >= 0.6 is 11.3 Å². The summed E-state index contributed by atoms with van der Waals surface area (Å²) in [5.41, 5.74) is 2.73. The predicted molar refractivity (Wildman–Crippen MR) is 124 cm³/mol. The highest BCUT2D eigenvalue weighted by Gasteiger charge is 2.10. The first-order chi connectivity index (χ1) is 14.0. The van der Waals surface area contributed by atoms with Crippen LogP contribution in [0.5, 0.6) is 0 Å². The van der Waals surface area contributed by atoms with Crippen LogP contribution in [0.2, 0.25) is 0 Å². The van der Waals surface area contributed by atoms with E-state index in [1.165, 1.54) is 11.3 Å². The van der Waals surface area contributed by atoms with Crippen molar-refractivity contribution in [3.05, 3.63) is 42.5 Å². The number of nitrogens with one attached hydrogen (secondary N) is 2. The summed E-state index contributed by atoms with van der Waals surface area (Å²) in [6.07, 6.45) is 1.77. The molecule has 10 heteroatoms. The quantitative estimate of drug-likeness (QED) is 0.529. The van der Waals surface area contributed by atoms with E-state index in [9.17, 15) is 13.8 Å². The molecule has 1 unspecified atom stereocenters. The molecular weight excluding hydrogens is 426 g/mol. The summed E-state index contributed by atoms with van der Waals surface area (Å²) in [6, 6.07) is 13.0. The average Bonchev–Trinajstić information content (AvgIpc) is 3.09. The molecule has 1 aromatic heterocycles. The van der Waals surface area contributed by atoms with Gasteiger partial charge in [0, 0.05) is 31.3 Å². The maximum absolute atomic E-state index is 12.0. The first kappa shape index (κ1) is 23.5. The number of amides is 2. The molecule has 0 aliphatic carbocycles. The Kier molecular flexibility index (Phi) is 8.46. The van der Waals surface area contributed by atoms with Crippen molar-refractivity contribution in [2.45, 2.75) is 18.2 Å². The molecule has 1 atom stereocenters. The molecule has 0 bridgehead atoms. The number of thiazole rings is 1. The minimum atomic E-state index is -1.04. The number of ether oxygens (including phenoxy) is 1. The Labute approximate surface area is 183 Å². The minimum Gasteiger partial charge on any atom is -0.466 e. The normalized spacial score (nSPS) is 11.4. The van der Waals surface area contributed by atoms with Crippen LogP contribution in [0.15, 0.2) is 47.4 Å². The van der Waals surface area contributed by atoms with Gasteiger partial charge in [0.1, 0.15) is 0 Å². The molecule has 1 heterocycles. The minimum absolute atomic E-state index is 0. The molecule has 0 fully saturated rings. The van der Waals surface area contributed by atoms with Crippen molar-refractivity contribution in [1.82, 2.24) is 10.3 Å². The number of fused-ring (bicyclic) bond motifs is 1. The third kappa shape index (κ3) is 6.09. The van der Waals surface area contributed by atoms with E-state index in [1.54, 1.807) is 13.2 Å². The molecule has 0 saturated carbocycles. The lowest BCUT2D eigenvalue weighted by Crippen LogP contribution is -2.30. The molecule has 3 aromatic rings. The number of rotatable bonds is 7. The molecule has 4 N–H and O–H groups in total. The maximum atomic E-state index is 12.0. The predicted octanol–water partition coefficient (Wildman–Crippen LogP) is 3.44. The van der Waals surface area contributed by atoms with Crippen molar-refractivity contribution in [3.8, 4) is 11.1 Å². The van der Waals surface area contributed by atoms with Crippen LogP contribution in [0.1, 0.15) is 16.2 Å². The lowest BCUT2D eigenvalue weighted by molar-refractivity contribution is -0.142. The molecule has 0 radical (unpaired) electrons. The van der Waals surface area contributed by atoms with Crippen molar-refractivity contribution in [2.75, 3.05) is 24.7 Å². The number of nitrogens with zero attached hydrogens (tertiary/aromatic N) is 1. The summed E-state index contributed by atoms with van der Waals surface area (Å²) < 4.78 is 17.5. The number of benzene rings is 2. The number of esters is 1. The highest BCUT2D eigenvalue weighted by atomic mass is 32.2. The molecule has 0 aliphatic rings. The average molecular weight is 454 g/mol. The van der Waals surface area contributed by atoms with Gasteiger partial charge in [0.25, 0.3) is 0 Å². The Morgan fingerprint density at radius 3 is 2.70 bits per heavy atom. The maximum Gasteiger partial charge on any atom is 0.321 e. The van der Waals surface area contributed by atoms with Gasteiger partial charge in [0.2, 0.25) is 0 Å².